The number of ether oxygens (including phenoxy) is 3. The van der Waals surface area contributed by atoms with Crippen molar-refractivity contribution >= 4 is 10.9 Å². The molecule has 0 bridgehead atoms. The van der Waals surface area contributed by atoms with Crippen molar-refractivity contribution in [1.29, 1.82) is 0 Å². The van der Waals surface area contributed by atoms with Crippen molar-refractivity contribution in [3.8, 4) is 28.5 Å². The maximum absolute atomic E-state index is 12.7. The Balaban J connectivity index is 1.22. The van der Waals surface area contributed by atoms with E-state index in [2.05, 4.69) is 9.88 Å². The van der Waals surface area contributed by atoms with Crippen molar-refractivity contribution in [3.63, 3.8) is 0 Å². The van der Waals surface area contributed by atoms with E-state index in [1.54, 1.807) is 0 Å². The Morgan fingerprint density at radius 2 is 1.53 bits per heavy atom. The summed E-state index contributed by atoms with van der Waals surface area (Å²) in [5, 5.41) is 0.706. The second-order valence-electron chi connectivity index (χ2n) is 8.40. The highest BCUT2D eigenvalue weighted by molar-refractivity contribution is 5.83. The smallest absolute Gasteiger partial charge is 0.192 e. The largest absolute Gasteiger partial charge is 0.492 e. The third-order valence-corrected chi connectivity index (χ3v) is 6.13. The first-order chi connectivity index (χ1) is 16.7. The first kappa shape index (κ1) is 22.2. The van der Waals surface area contributed by atoms with Crippen LogP contribution < -0.4 is 14.9 Å². The molecule has 6 nitrogen and oxygen atoms in total. The Bertz CT molecular complexity index is 1310. The Labute approximate surface area is 198 Å². The number of aromatic amines is 1. The molecule has 0 radical (unpaired) electrons. The quantitative estimate of drug-likeness (QED) is 0.424. The van der Waals surface area contributed by atoms with Gasteiger partial charge in [-0.25, -0.2) is 0 Å². The van der Waals surface area contributed by atoms with E-state index in [9.17, 15) is 4.79 Å². The van der Waals surface area contributed by atoms with Gasteiger partial charge in [0.05, 0.1) is 18.9 Å². The molecule has 6 heteroatoms. The molecule has 0 spiro atoms. The lowest BCUT2D eigenvalue weighted by atomic mass is 10.0. The van der Waals surface area contributed by atoms with Crippen LogP contribution in [0.4, 0.5) is 0 Å². The fraction of sp³-hybridized carbons (Fsp3) is 0.250. The lowest BCUT2D eigenvalue weighted by Crippen LogP contribution is -2.38. The highest BCUT2D eigenvalue weighted by Gasteiger charge is 2.11. The average Bonchev–Trinajstić information content (AvgIpc) is 2.88. The second kappa shape index (κ2) is 10.1. The van der Waals surface area contributed by atoms with Crippen molar-refractivity contribution < 1.29 is 14.2 Å². The molecule has 0 atom stereocenters. The third-order valence-electron chi connectivity index (χ3n) is 6.13. The Morgan fingerprint density at radius 1 is 0.882 bits per heavy atom. The molecule has 1 aliphatic rings. The molecular formula is C28H28N2O4. The second-order valence-corrected chi connectivity index (χ2v) is 8.40. The molecule has 0 aliphatic carbocycles. The lowest BCUT2D eigenvalue weighted by Gasteiger charge is -2.26. The van der Waals surface area contributed by atoms with Gasteiger partial charge >= 0.3 is 0 Å². The fourth-order valence-electron chi connectivity index (χ4n) is 4.17. The number of hydrogen-bond acceptors (Lipinski definition) is 5. The van der Waals surface area contributed by atoms with Gasteiger partial charge in [0, 0.05) is 36.1 Å². The zero-order chi connectivity index (χ0) is 23.3. The molecule has 3 aromatic carbocycles. The topological polar surface area (TPSA) is 63.8 Å². The SMILES string of the molecule is Cc1c(-c2ccc(Oc3ccc(OCCN4CCOCC4)cc3)cc2)[nH]c2ccccc2c1=O. The molecule has 4 aromatic rings. The van der Waals surface area contributed by atoms with Crippen molar-refractivity contribution in [1.82, 2.24) is 9.88 Å². The van der Waals surface area contributed by atoms with Gasteiger partial charge in [-0.15, -0.1) is 0 Å². The zero-order valence-electron chi connectivity index (χ0n) is 19.3. The minimum atomic E-state index is 0.0527. The molecule has 0 unspecified atom stereocenters. The Morgan fingerprint density at radius 3 is 2.26 bits per heavy atom. The monoisotopic (exact) mass is 456 g/mol. The number of H-pyrrole nitrogens is 1. The van der Waals surface area contributed by atoms with Gasteiger partial charge < -0.3 is 19.2 Å². The number of morpholine rings is 1. The van der Waals surface area contributed by atoms with Crippen LogP contribution >= 0.6 is 0 Å². The van der Waals surface area contributed by atoms with Crippen LogP contribution in [-0.2, 0) is 4.74 Å². The van der Waals surface area contributed by atoms with Gasteiger partial charge in [0.2, 0.25) is 0 Å². The van der Waals surface area contributed by atoms with E-state index in [-0.39, 0.29) is 5.43 Å². The number of para-hydroxylation sites is 1. The number of benzene rings is 3. The molecule has 1 saturated heterocycles. The molecule has 0 amide bonds. The van der Waals surface area contributed by atoms with Crippen LogP contribution in [0.2, 0.25) is 0 Å². The first-order valence-corrected chi connectivity index (χ1v) is 11.6. The van der Waals surface area contributed by atoms with Crippen molar-refractivity contribution in [2.75, 3.05) is 39.5 Å². The predicted octanol–water partition coefficient (Wildman–Crippen LogP) is 5.01. The molecule has 5 rings (SSSR count). The van der Waals surface area contributed by atoms with Gasteiger partial charge in [-0.3, -0.25) is 9.69 Å². The number of hydrogen-bond donors (Lipinski definition) is 1. The summed E-state index contributed by atoms with van der Waals surface area (Å²) in [5.41, 5.74) is 3.36. The standard InChI is InChI=1S/C28H28N2O4/c1-20-27(29-26-5-3-2-4-25(26)28(20)31)21-6-8-23(9-7-21)34-24-12-10-22(11-13-24)33-19-16-30-14-17-32-18-15-30/h2-13H,14-19H2,1H3,(H,29,31). The predicted molar refractivity (Wildman–Crippen MR) is 134 cm³/mol. The fourth-order valence-corrected chi connectivity index (χ4v) is 4.17. The summed E-state index contributed by atoms with van der Waals surface area (Å²) < 4.78 is 17.2. The maximum Gasteiger partial charge on any atom is 0.192 e. The summed E-state index contributed by atoms with van der Waals surface area (Å²) in [6, 6.07) is 23.0. The van der Waals surface area contributed by atoms with Crippen LogP contribution in [0, 0.1) is 6.92 Å². The number of pyridine rings is 1. The summed E-state index contributed by atoms with van der Waals surface area (Å²) in [5.74, 6) is 2.29. The summed E-state index contributed by atoms with van der Waals surface area (Å²) in [4.78, 5) is 18.5. The van der Waals surface area contributed by atoms with E-state index in [0.717, 1.165) is 66.9 Å². The highest BCUT2D eigenvalue weighted by Crippen LogP contribution is 2.28. The van der Waals surface area contributed by atoms with E-state index in [0.29, 0.717) is 17.6 Å². The molecule has 0 saturated carbocycles. The average molecular weight is 457 g/mol. The molecule has 1 aliphatic heterocycles. The molecule has 2 heterocycles. The van der Waals surface area contributed by atoms with E-state index in [1.165, 1.54) is 0 Å². The number of fused-ring (bicyclic) bond motifs is 1. The van der Waals surface area contributed by atoms with Crippen LogP contribution in [0.3, 0.4) is 0 Å². The number of nitrogens with zero attached hydrogens (tertiary/aromatic N) is 1. The van der Waals surface area contributed by atoms with Crippen LogP contribution in [0.5, 0.6) is 17.2 Å². The van der Waals surface area contributed by atoms with E-state index in [4.69, 9.17) is 14.2 Å². The number of aromatic nitrogens is 1. The highest BCUT2D eigenvalue weighted by atomic mass is 16.5. The molecule has 1 aromatic heterocycles. The first-order valence-electron chi connectivity index (χ1n) is 11.6. The minimum Gasteiger partial charge on any atom is -0.492 e. The normalized spacial score (nSPS) is 14.3. The van der Waals surface area contributed by atoms with Gasteiger partial charge in [0.15, 0.2) is 5.43 Å². The summed E-state index contributed by atoms with van der Waals surface area (Å²) in [6.07, 6.45) is 0. The number of rotatable bonds is 7. The molecule has 34 heavy (non-hydrogen) atoms. The minimum absolute atomic E-state index is 0.0527. The van der Waals surface area contributed by atoms with Gasteiger partial charge in [0.25, 0.3) is 0 Å². The van der Waals surface area contributed by atoms with E-state index in [1.807, 2.05) is 79.7 Å². The van der Waals surface area contributed by atoms with Crippen molar-refractivity contribution in [2.45, 2.75) is 6.92 Å². The molecular weight excluding hydrogens is 428 g/mol. The molecule has 1 fully saturated rings. The van der Waals surface area contributed by atoms with E-state index >= 15 is 0 Å². The van der Waals surface area contributed by atoms with Crippen LogP contribution in [0.25, 0.3) is 22.2 Å². The van der Waals surface area contributed by atoms with Gasteiger partial charge in [-0.2, -0.15) is 0 Å². The Hall–Kier alpha value is -3.61. The van der Waals surface area contributed by atoms with Crippen LogP contribution in [0.1, 0.15) is 5.56 Å². The van der Waals surface area contributed by atoms with E-state index < -0.39 is 0 Å². The van der Waals surface area contributed by atoms with Crippen molar-refractivity contribution in [2.24, 2.45) is 0 Å². The summed E-state index contributed by atoms with van der Waals surface area (Å²) in [7, 11) is 0. The summed E-state index contributed by atoms with van der Waals surface area (Å²) in [6.45, 7) is 6.93. The van der Waals surface area contributed by atoms with Crippen molar-refractivity contribution in [3.05, 3.63) is 88.6 Å². The molecule has 1 N–H and O–H groups in total. The Kier molecular flexibility index (Phi) is 6.60. The maximum atomic E-state index is 12.7. The lowest BCUT2D eigenvalue weighted by molar-refractivity contribution is 0.0322. The number of nitrogens with one attached hydrogen (secondary N) is 1. The molecule has 174 valence electrons. The van der Waals surface area contributed by atoms with Gasteiger partial charge in [-0.05, 0) is 73.2 Å². The third kappa shape index (κ3) is 4.98. The van der Waals surface area contributed by atoms with Gasteiger partial charge in [-0.1, -0.05) is 12.1 Å². The van der Waals surface area contributed by atoms with Crippen LogP contribution in [-0.4, -0.2) is 49.3 Å². The van der Waals surface area contributed by atoms with Gasteiger partial charge in [0.1, 0.15) is 23.9 Å². The van der Waals surface area contributed by atoms with Crippen LogP contribution in [0.15, 0.2) is 77.6 Å². The summed E-state index contributed by atoms with van der Waals surface area (Å²) >= 11 is 0. The zero-order valence-corrected chi connectivity index (χ0v) is 19.3.